The fraction of sp³-hybridized carbons (Fsp3) is 0.600. The lowest BCUT2D eigenvalue weighted by Gasteiger charge is -2.21. The summed E-state index contributed by atoms with van der Waals surface area (Å²) in [5.41, 5.74) is 2.73. The molecule has 1 rings (SSSR count). The molecule has 1 atom stereocenters. The number of ether oxygens (including phenoxy) is 1. The van der Waals surface area contributed by atoms with Crippen LogP contribution in [0.25, 0.3) is 0 Å². The summed E-state index contributed by atoms with van der Waals surface area (Å²) < 4.78 is 5.22. The number of aryl methyl sites for hydroxylation is 1. The first-order valence-corrected chi connectivity index (χ1v) is 6.41. The van der Waals surface area contributed by atoms with E-state index in [1.165, 1.54) is 11.1 Å². The van der Waals surface area contributed by atoms with E-state index in [0.717, 1.165) is 19.6 Å². The minimum atomic E-state index is 0.449. The van der Waals surface area contributed by atoms with E-state index in [-0.39, 0.29) is 0 Å². The molecule has 0 bridgehead atoms. The molecule has 0 aliphatic carbocycles. The molecule has 0 heterocycles. The molecule has 0 saturated heterocycles. The molecule has 0 spiro atoms. The van der Waals surface area contributed by atoms with Gasteiger partial charge >= 0.3 is 0 Å². The normalized spacial score (nSPS) is 13.0. The third-order valence-electron chi connectivity index (χ3n) is 3.05. The van der Waals surface area contributed by atoms with Crippen molar-refractivity contribution in [2.24, 2.45) is 5.92 Å². The summed E-state index contributed by atoms with van der Waals surface area (Å²) in [5.74, 6) is 0.604. The Morgan fingerprint density at radius 2 is 2.06 bits per heavy atom. The fourth-order valence-corrected chi connectivity index (χ4v) is 1.94. The summed E-state index contributed by atoms with van der Waals surface area (Å²) in [7, 11) is 1.76. The second-order valence-corrected chi connectivity index (χ2v) is 5.00. The highest BCUT2D eigenvalue weighted by Crippen LogP contribution is 2.05. The van der Waals surface area contributed by atoms with Crippen molar-refractivity contribution in [1.82, 2.24) is 5.32 Å². The van der Waals surface area contributed by atoms with E-state index in [9.17, 15) is 0 Å². The smallest absolute Gasteiger partial charge is 0.0618 e. The molecule has 1 aromatic rings. The van der Waals surface area contributed by atoms with Crippen molar-refractivity contribution in [2.45, 2.75) is 33.2 Å². The summed E-state index contributed by atoms with van der Waals surface area (Å²) in [6.07, 6.45) is 1.08. The van der Waals surface area contributed by atoms with E-state index in [1.807, 2.05) is 0 Å². The van der Waals surface area contributed by atoms with Crippen LogP contribution in [0.2, 0.25) is 0 Å². The molecular formula is C15H25NO. The van der Waals surface area contributed by atoms with Gasteiger partial charge < -0.3 is 10.1 Å². The molecule has 0 aliphatic heterocycles. The Hall–Kier alpha value is -0.860. The number of methoxy groups -OCH3 is 1. The van der Waals surface area contributed by atoms with Gasteiger partial charge in [0.1, 0.15) is 0 Å². The zero-order chi connectivity index (χ0) is 12.7. The lowest BCUT2D eigenvalue weighted by molar-refractivity contribution is 0.147. The Bertz CT molecular complexity index is 322. The van der Waals surface area contributed by atoms with Crippen molar-refractivity contribution in [1.29, 1.82) is 0 Å². The predicted octanol–water partition coefficient (Wildman–Crippen LogP) is 2.80. The van der Waals surface area contributed by atoms with Crippen LogP contribution in [-0.4, -0.2) is 26.3 Å². The zero-order valence-corrected chi connectivity index (χ0v) is 11.5. The van der Waals surface area contributed by atoms with Crippen LogP contribution in [0.4, 0.5) is 0 Å². The minimum Gasteiger partial charge on any atom is -0.383 e. The van der Waals surface area contributed by atoms with Crippen molar-refractivity contribution in [3.63, 3.8) is 0 Å². The van der Waals surface area contributed by atoms with Gasteiger partial charge in [-0.1, -0.05) is 43.7 Å². The molecule has 96 valence electrons. The van der Waals surface area contributed by atoms with Crippen LogP contribution in [0.3, 0.4) is 0 Å². The number of benzene rings is 1. The van der Waals surface area contributed by atoms with Crippen LogP contribution < -0.4 is 5.32 Å². The van der Waals surface area contributed by atoms with Gasteiger partial charge in [-0.15, -0.1) is 0 Å². The minimum absolute atomic E-state index is 0.449. The molecule has 0 amide bonds. The molecule has 0 aromatic heterocycles. The number of hydrogen-bond acceptors (Lipinski definition) is 2. The van der Waals surface area contributed by atoms with Gasteiger partial charge in [-0.25, -0.2) is 0 Å². The highest BCUT2D eigenvalue weighted by Gasteiger charge is 2.11. The Morgan fingerprint density at radius 3 is 2.65 bits per heavy atom. The predicted molar refractivity (Wildman–Crippen MR) is 73.4 cm³/mol. The monoisotopic (exact) mass is 235 g/mol. The van der Waals surface area contributed by atoms with E-state index in [1.54, 1.807) is 7.11 Å². The largest absolute Gasteiger partial charge is 0.383 e. The van der Waals surface area contributed by atoms with Crippen molar-refractivity contribution in [3.05, 3.63) is 35.4 Å². The second-order valence-electron chi connectivity index (χ2n) is 5.00. The summed E-state index contributed by atoms with van der Waals surface area (Å²) in [5, 5.41) is 3.56. The molecule has 0 aliphatic rings. The molecule has 1 aromatic carbocycles. The van der Waals surface area contributed by atoms with E-state index in [4.69, 9.17) is 4.74 Å². The summed E-state index contributed by atoms with van der Waals surface area (Å²) in [6.45, 7) is 8.38. The van der Waals surface area contributed by atoms with E-state index in [0.29, 0.717) is 12.0 Å². The maximum absolute atomic E-state index is 5.22. The molecular weight excluding hydrogens is 210 g/mol. The topological polar surface area (TPSA) is 21.3 Å². The lowest BCUT2D eigenvalue weighted by atomic mass is 10.0. The van der Waals surface area contributed by atoms with E-state index >= 15 is 0 Å². The first kappa shape index (κ1) is 14.2. The third-order valence-corrected chi connectivity index (χ3v) is 3.05. The summed E-state index contributed by atoms with van der Waals surface area (Å²) in [6, 6.07) is 9.15. The van der Waals surface area contributed by atoms with Crippen molar-refractivity contribution < 1.29 is 4.74 Å². The maximum Gasteiger partial charge on any atom is 0.0618 e. The molecule has 0 radical (unpaired) electrons. The number of rotatable bonds is 7. The van der Waals surface area contributed by atoms with Gasteiger partial charge in [-0.05, 0) is 31.4 Å². The van der Waals surface area contributed by atoms with Gasteiger partial charge in [0.15, 0.2) is 0 Å². The molecule has 17 heavy (non-hydrogen) atoms. The molecule has 2 heteroatoms. The first-order chi connectivity index (χ1) is 8.13. The molecule has 0 fully saturated rings. The van der Waals surface area contributed by atoms with Crippen LogP contribution >= 0.6 is 0 Å². The lowest BCUT2D eigenvalue weighted by Crippen LogP contribution is -2.38. The Balaban J connectivity index is 2.35. The van der Waals surface area contributed by atoms with Gasteiger partial charge in [0.05, 0.1) is 6.61 Å². The number of nitrogens with one attached hydrogen (secondary N) is 1. The third kappa shape index (κ3) is 5.33. The number of hydrogen-bond donors (Lipinski definition) is 1. The molecule has 1 N–H and O–H groups in total. The Morgan fingerprint density at radius 1 is 1.29 bits per heavy atom. The van der Waals surface area contributed by atoms with Crippen molar-refractivity contribution in [2.75, 3.05) is 20.3 Å². The van der Waals surface area contributed by atoms with Crippen molar-refractivity contribution in [3.8, 4) is 0 Å². The average molecular weight is 235 g/mol. The first-order valence-electron chi connectivity index (χ1n) is 6.41. The van der Waals surface area contributed by atoms with Crippen LogP contribution in [0.5, 0.6) is 0 Å². The van der Waals surface area contributed by atoms with Crippen LogP contribution in [0, 0.1) is 12.8 Å². The second kappa shape index (κ2) is 7.46. The fourth-order valence-electron chi connectivity index (χ4n) is 1.94. The van der Waals surface area contributed by atoms with Crippen molar-refractivity contribution >= 4 is 0 Å². The quantitative estimate of drug-likeness (QED) is 0.784. The van der Waals surface area contributed by atoms with Gasteiger partial charge in [0, 0.05) is 13.2 Å². The van der Waals surface area contributed by atoms with Crippen LogP contribution in [-0.2, 0) is 11.2 Å². The Labute approximate surface area is 105 Å². The highest BCUT2D eigenvalue weighted by molar-refractivity contribution is 5.22. The Kier molecular flexibility index (Phi) is 6.23. The van der Waals surface area contributed by atoms with Gasteiger partial charge in [0.25, 0.3) is 0 Å². The zero-order valence-electron chi connectivity index (χ0n) is 11.5. The summed E-state index contributed by atoms with van der Waals surface area (Å²) >= 11 is 0. The van der Waals surface area contributed by atoms with Gasteiger partial charge in [0.2, 0.25) is 0 Å². The van der Waals surface area contributed by atoms with E-state index in [2.05, 4.69) is 50.4 Å². The average Bonchev–Trinajstić information content (AvgIpc) is 2.28. The van der Waals surface area contributed by atoms with Gasteiger partial charge in [-0.3, -0.25) is 0 Å². The highest BCUT2D eigenvalue weighted by atomic mass is 16.5. The van der Waals surface area contributed by atoms with Crippen LogP contribution in [0.1, 0.15) is 25.0 Å². The van der Waals surface area contributed by atoms with E-state index < -0.39 is 0 Å². The maximum atomic E-state index is 5.22. The SMILES string of the molecule is COCC(NCCc1cccc(C)c1)C(C)C. The molecule has 2 nitrogen and oxygen atoms in total. The molecule has 1 unspecified atom stereocenters. The van der Waals surface area contributed by atoms with Crippen LogP contribution in [0.15, 0.2) is 24.3 Å². The van der Waals surface area contributed by atoms with Gasteiger partial charge in [-0.2, -0.15) is 0 Å². The standard InChI is InChI=1S/C15H25NO/c1-12(2)15(11-17-4)16-9-8-14-7-5-6-13(3)10-14/h5-7,10,12,15-16H,8-9,11H2,1-4H3. The summed E-state index contributed by atoms with van der Waals surface area (Å²) in [4.78, 5) is 0. The molecule has 0 saturated carbocycles.